The Hall–Kier alpha value is -0.950. The predicted molar refractivity (Wildman–Crippen MR) is 78.8 cm³/mol. The predicted octanol–water partition coefficient (Wildman–Crippen LogP) is 0.956. The van der Waals surface area contributed by atoms with Crippen molar-refractivity contribution >= 4 is 10.0 Å². The van der Waals surface area contributed by atoms with E-state index < -0.39 is 10.0 Å². The second-order valence-corrected chi connectivity index (χ2v) is 7.11. The van der Waals surface area contributed by atoms with E-state index in [0.29, 0.717) is 19.7 Å². The molecular weight excluding hydrogens is 276 g/mol. The minimum absolute atomic E-state index is 0.0310. The lowest BCUT2D eigenvalue weighted by Gasteiger charge is -2.30. The molecule has 1 unspecified atom stereocenters. The first-order valence-corrected chi connectivity index (χ1v) is 8.44. The summed E-state index contributed by atoms with van der Waals surface area (Å²) < 4.78 is 31.7. The zero-order chi connectivity index (χ0) is 14.6. The highest BCUT2D eigenvalue weighted by Crippen LogP contribution is 2.15. The van der Waals surface area contributed by atoms with E-state index in [1.165, 1.54) is 4.31 Å². The first kappa shape index (κ1) is 15.4. The SMILES string of the molecule is CNCc1ccc(CS(=O)(=O)N2CCOC(C)C2)cc1. The van der Waals surface area contributed by atoms with Crippen LogP contribution in [0.15, 0.2) is 24.3 Å². The number of nitrogens with one attached hydrogen (secondary N) is 1. The molecule has 0 aromatic heterocycles. The van der Waals surface area contributed by atoms with Crippen LogP contribution in [0.5, 0.6) is 0 Å². The van der Waals surface area contributed by atoms with Gasteiger partial charge in [0.15, 0.2) is 0 Å². The van der Waals surface area contributed by atoms with Crippen molar-refractivity contribution in [1.29, 1.82) is 0 Å². The highest BCUT2D eigenvalue weighted by atomic mass is 32.2. The summed E-state index contributed by atoms with van der Waals surface area (Å²) in [6.07, 6.45) is -0.0310. The van der Waals surface area contributed by atoms with E-state index in [0.717, 1.165) is 17.7 Å². The van der Waals surface area contributed by atoms with Gasteiger partial charge in [0.25, 0.3) is 0 Å². The molecule has 112 valence electrons. The van der Waals surface area contributed by atoms with Crippen LogP contribution < -0.4 is 5.32 Å². The van der Waals surface area contributed by atoms with Crippen molar-refractivity contribution < 1.29 is 13.2 Å². The van der Waals surface area contributed by atoms with E-state index in [-0.39, 0.29) is 11.9 Å². The van der Waals surface area contributed by atoms with Crippen molar-refractivity contribution in [2.75, 3.05) is 26.7 Å². The number of rotatable bonds is 5. The Kier molecular flexibility index (Phi) is 5.15. The van der Waals surface area contributed by atoms with Gasteiger partial charge >= 0.3 is 0 Å². The second-order valence-electron chi connectivity index (χ2n) is 5.14. The van der Waals surface area contributed by atoms with Crippen molar-refractivity contribution in [1.82, 2.24) is 9.62 Å². The normalized spacial score (nSPS) is 21.0. The van der Waals surface area contributed by atoms with Gasteiger partial charge in [-0.25, -0.2) is 8.42 Å². The first-order valence-electron chi connectivity index (χ1n) is 6.83. The highest BCUT2D eigenvalue weighted by molar-refractivity contribution is 7.88. The molecule has 1 heterocycles. The van der Waals surface area contributed by atoms with Crippen LogP contribution in [0.1, 0.15) is 18.1 Å². The van der Waals surface area contributed by atoms with Crippen LogP contribution >= 0.6 is 0 Å². The van der Waals surface area contributed by atoms with E-state index in [9.17, 15) is 8.42 Å². The van der Waals surface area contributed by atoms with Crippen LogP contribution in [0, 0.1) is 0 Å². The number of sulfonamides is 1. The molecule has 0 radical (unpaired) electrons. The number of benzene rings is 1. The molecule has 1 fully saturated rings. The third-order valence-corrected chi connectivity index (χ3v) is 5.17. The monoisotopic (exact) mass is 298 g/mol. The number of ether oxygens (including phenoxy) is 1. The maximum atomic E-state index is 12.4. The lowest BCUT2D eigenvalue weighted by atomic mass is 10.1. The molecule has 1 aliphatic rings. The van der Waals surface area contributed by atoms with E-state index >= 15 is 0 Å². The Bertz CT molecular complexity index is 528. The van der Waals surface area contributed by atoms with E-state index in [1.807, 2.05) is 38.2 Å². The summed E-state index contributed by atoms with van der Waals surface area (Å²) in [7, 11) is -1.37. The van der Waals surface area contributed by atoms with Crippen LogP contribution in [0.25, 0.3) is 0 Å². The van der Waals surface area contributed by atoms with Crippen LogP contribution in [-0.2, 0) is 27.1 Å². The van der Waals surface area contributed by atoms with Gasteiger partial charge < -0.3 is 10.1 Å². The third kappa shape index (κ3) is 4.02. The van der Waals surface area contributed by atoms with Gasteiger partial charge in [0.05, 0.1) is 18.5 Å². The van der Waals surface area contributed by atoms with E-state index in [2.05, 4.69) is 5.32 Å². The van der Waals surface area contributed by atoms with Crippen molar-refractivity contribution in [2.24, 2.45) is 0 Å². The zero-order valence-electron chi connectivity index (χ0n) is 12.0. The van der Waals surface area contributed by atoms with Crippen molar-refractivity contribution in [3.8, 4) is 0 Å². The fourth-order valence-electron chi connectivity index (χ4n) is 2.30. The quantitative estimate of drug-likeness (QED) is 0.879. The molecule has 0 spiro atoms. The maximum Gasteiger partial charge on any atom is 0.218 e. The standard InChI is InChI=1S/C14H22N2O3S/c1-12-10-16(7-8-19-12)20(17,18)11-14-5-3-13(4-6-14)9-15-2/h3-6,12,15H,7-11H2,1-2H3. The summed E-state index contributed by atoms with van der Waals surface area (Å²) in [4.78, 5) is 0. The van der Waals surface area contributed by atoms with Gasteiger partial charge in [-0.3, -0.25) is 0 Å². The molecule has 1 aromatic rings. The lowest BCUT2D eigenvalue weighted by molar-refractivity contribution is 0.0101. The van der Waals surface area contributed by atoms with Gasteiger partial charge in [-0.15, -0.1) is 0 Å². The number of nitrogens with zero attached hydrogens (tertiary/aromatic N) is 1. The minimum Gasteiger partial charge on any atom is -0.376 e. The number of hydrogen-bond acceptors (Lipinski definition) is 4. The fourth-order valence-corrected chi connectivity index (χ4v) is 3.88. The Morgan fingerprint density at radius 1 is 1.30 bits per heavy atom. The molecule has 1 aromatic carbocycles. The molecule has 0 amide bonds. The molecule has 20 heavy (non-hydrogen) atoms. The average Bonchev–Trinajstić information content (AvgIpc) is 2.41. The van der Waals surface area contributed by atoms with Crippen molar-refractivity contribution in [3.63, 3.8) is 0 Å². The molecule has 1 aliphatic heterocycles. The maximum absolute atomic E-state index is 12.4. The number of morpholine rings is 1. The summed E-state index contributed by atoms with van der Waals surface area (Å²) in [5.41, 5.74) is 1.97. The molecule has 0 bridgehead atoms. The highest BCUT2D eigenvalue weighted by Gasteiger charge is 2.27. The van der Waals surface area contributed by atoms with Gasteiger partial charge in [0.1, 0.15) is 0 Å². The van der Waals surface area contributed by atoms with Gasteiger partial charge in [0.2, 0.25) is 10.0 Å². The van der Waals surface area contributed by atoms with Crippen molar-refractivity contribution in [3.05, 3.63) is 35.4 Å². The smallest absolute Gasteiger partial charge is 0.218 e. The Balaban J connectivity index is 2.03. The Morgan fingerprint density at radius 3 is 2.55 bits per heavy atom. The summed E-state index contributed by atoms with van der Waals surface area (Å²) >= 11 is 0. The largest absolute Gasteiger partial charge is 0.376 e. The van der Waals surface area contributed by atoms with Crippen LogP contribution in [0.4, 0.5) is 0 Å². The van der Waals surface area contributed by atoms with Gasteiger partial charge in [-0.2, -0.15) is 4.31 Å². The molecule has 1 saturated heterocycles. The molecule has 0 saturated carbocycles. The number of hydrogen-bond donors (Lipinski definition) is 1. The Labute approximate surface area is 121 Å². The molecule has 5 nitrogen and oxygen atoms in total. The summed E-state index contributed by atoms with van der Waals surface area (Å²) in [6.45, 7) is 4.05. The van der Waals surface area contributed by atoms with E-state index in [4.69, 9.17) is 4.74 Å². The lowest BCUT2D eigenvalue weighted by Crippen LogP contribution is -2.44. The zero-order valence-corrected chi connectivity index (χ0v) is 12.8. The van der Waals surface area contributed by atoms with Crippen LogP contribution in [-0.4, -0.2) is 45.6 Å². The van der Waals surface area contributed by atoms with Gasteiger partial charge in [-0.05, 0) is 25.1 Å². The van der Waals surface area contributed by atoms with Gasteiger partial charge in [-0.1, -0.05) is 24.3 Å². The average molecular weight is 298 g/mol. The molecule has 2 rings (SSSR count). The third-order valence-electron chi connectivity index (χ3n) is 3.35. The molecular formula is C14H22N2O3S. The fraction of sp³-hybridized carbons (Fsp3) is 0.571. The molecule has 6 heteroatoms. The summed E-state index contributed by atoms with van der Waals surface area (Å²) in [5, 5.41) is 3.07. The summed E-state index contributed by atoms with van der Waals surface area (Å²) in [6, 6.07) is 7.69. The van der Waals surface area contributed by atoms with Crippen LogP contribution in [0.3, 0.4) is 0 Å². The second kappa shape index (κ2) is 6.67. The minimum atomic E-state index is -3.26. The van der Waals surface area contributed by atoms with E-state index in [1.54, 1.807) is 0 Å². The Morgan fingerprint density at radius 2 is 1.95 bits per heavy atom. The topological polar surface area (TPSA) is 58.6 Å². The molecule has 1 atom stereocenters. The molecule has 1 N–H and O–H groups in total. The summed E-state index contributed by atoms with van der Waals surface area (Å²) in [5.74, 6) is 0.0551. The molecule has 0 aliphatic carbocycles. The first-order chi connectivity index (χ1) is 9.51. The van der Waals surface area contributed by atoms with Crippen LogP contribution in [0.2, 0.25) is 0 Å². The van der Waals surface area contributed by atoms with Crippen molar-refractivity contribution in [2.45, 2.75) is 25.3 Å². The van der Waals surface area contributed by atoms with Gasteiger partial charge in [0, 0.05) is 19.6 Å².